The number of aromatic nitrogens is 4. The molecule has 6 nitrogen and oxygen atoms in total. The van der Waals surface area contributed by atoms with Crippen LogP contribution in [0.15, 0.2) is 12.4 Å². The monoisotopic (exact) mass is 343 g/mol. The van der Waals surface area contributed by atoms with Gasteiger partial charge in [0, 0.05) is 81.9 Å². The van der Waals surface area contributed by atoms with Gasteiger partial charge < -0.3 is 9.30 Å². The SMILES string of the molecule is Cc1nn(C)cc1CN1CC(Cn2c(C)cnc2C2CCOCC2)C1. The molecule has 0 radical (unpaired) electrons. The second-order valence-electron chi connectivity index (χ2n) is 7.73. The van der Waals surface area contributed by atoms with E-state index in [9.17, 15) is 0 Å². The molecule has 4 heterocycles. The molecule has 0 aromatic carbocycles. The molecule has 25 heavy (non-hydrogen) atoms. The standard InChI is InChI=1S/C19H29N5O/c1-14-8-20-19(17-4-6-25-7-5-17)24(14)11-16-9-23(10-16)13-18-12-22(3)21-15(18)2/h8,12,16-17H,4-7,9-11,13H2,1-3H3. The summed E-state index contributed by atoms with van der Waals surface area (Å²) < 4.78 is 9.89. The number of hydrogen-bond acceptors (Lipinski definition) is 4. The van der Waals surface area contributed by atoms with E-state index in [1.165, 1.54) is 30.2 Å². The number of aryl methyl sites for hydroxylation is 3. The molecule has 0 N–H and O–H groups in total. The molecule has 2 saturated heterocycles. The highest BCUT2D eigenvalue weighted by atomic mass is 16.5. The van der Waals surface area contributed by atoms with Crippen LogP contribution in [0.1, 0.15) is 41.5 Å². The van der Waals surface area contributed by atoms with Crippen molar-refractivity contribution in [3.05, 3.63) is 35.2 Å². The molecule has 2 aromatic rings. The molecule has 2 aromatic heterocycles. The van der Waals surface area contributed by atoms with Crippen LogP contribution in [0.25, 0.3) is 0 Å². The molecule has 0 bridgehead atoms. The van der Waals surface area contributed by atoms with Gasteiger partial charge in [0.1, 0.15) is 5.82 Å². The normalized spacial score (nSPS) is 20.1. The summed E-state index contributed by atoms with van der Waals surface area (Å²) in [4.78, 5) is 7.26. The van der Waals surface area contributed by atoms with Crippen LogP contribution in [0.5, 0.6) is 0 Å². The van der Waals surface area contributed by atoms with Gasteiger partial charge in [0.15, 0.2) is 0 Å². The first-order valence-corrected chi connectivity index (χ1v) is 9.41. The summed E-state index contributed by atoms with van der Waals surface area (Å²) in [5.74, 6) is 2.57. The topological polar surface area (TPSA) is 48.1 Å². The highest BCUT2D eigenvalue weighted by Gasteiger charge is 2.30. The molecular weight excluding hydrogens is 314 g/mol. The zero-order valence-electron chi connectivity index (χ0n) is 15.6. The van der Waals surface area contributed by atoms with Crippen molar-refractivity contribution in [1.29, 1.82) is 0 Å². The van der Waals surface area contributed by atoms with Gasteiger partial charge in [-0.1, -0.05) is 0 Å². The summed E-state index contributed by atoms with van der Waals surface area (Å²) >= 11 is 0. The maximum Gasteiger partial charge on any atom is 0.112 e. The Morgan fingerprint density at radius 3 is 2.64 bits per heavy atom. The molecule has 6 heteroatoms. The van der Waals surface area contributed by atoms with Crippen molar-refractivity contribution >= 4 is 0 Å². The highest BCUT2D eigenvalue weighted by molar-refractivity contribution is 5.16. The molecule has 0 aliphatic carbocycles. The molecule has 0 amide bonds. The molecule has 0 unspecified atom stereocenters. The van der Waals surface area contributed by atoms with Crippen molar-refractivity contribution in [3.8, 4) is 0 Å². The maximum atomic E-state index is 5.51. The fraction of sp³-hybridized carbons (Fsp3) is 0.684. The van der Waals surface area contributed by atoms with Gasteiger partial charge in [0.2, 0.25) is 0 Å². The van der Waals surface area contributed by atoms with Crippen molar-refractivity contribution in [1.82, 2.24) is 24.2 Å². The van der Waals surface area contributed by atoms with E-state index in [4.69, 9.17) is 9.72 Å². The third kappa shape index (κ3) is 3.51. The Labute approximate surface area is 149 Å². The summed E-state index contributed by atoms with van der Waals surface area (Å²) in [6.07, 6.45) is 6.40. The summed E-state index contributed by atoms with van der Waals surface area (Å²) in [5, 5.41) is 4.44. The summed E-state index contributed by atoms with van der Waals surface area (Å²) in [7, 11) is 2.00. The zero-order valence-corrected chi connectivity index (χ0v) is 15.6. The van der Waals surface area contributed by atoms with Gasteiger partial charge in [-0.2, -0.15) is 5.10 Å². The average molecular weight is 343 g/mol. The lowest BCUT2D eigenvalue weighted by Gasteiger charge is -2.40. The van der Waals surface area contributed by atoms with Gasteiger partial charge in [0.25, 0.3) is 0 Å². The molecule has 4 rings (SSSR count). The Morgan fingerprint density at radius 2 is 1.96 bits per heavy atom. The van der Waals surface area contributed by atoms with Gasteiger partial charge >= 0.3 is 0 Å². The summed E-state index contributed by atoms with van der Waals surface area (Å²) in [6, 6.07) is 0. The molecule has 136 valence electrons. The molecule has 0 saturated carbocycles. The quantitative estimate of drug-likeness (QED) is 0.835. The van der Waals surface area contributed by atoms with E-state index in [1.807, 2.05) is 17.9 Å². The first-order valence-electron chi connectivity index (χ1n) is 9.41. The molecule has 2 fully saturated rings. The highest BCUT2D eigenvalue weighted by Crippen LogP contribution is 2.29. The van der Waals surface area contributed by atoms with Crippen molar-refractivity contribution in [2.75, 3.05) is 26.3 Å². The molecule has 0 spiro atoms. The second kappa shape index (κ2) is 6.92. The Morgan fingerprint density at radius 1 is 1.20 bits per heavy atom. The fourth-order valence-electron chi connectivity index (χ4n) is 4.22. The number of ether oxygens (including phenoxy) is 1. The van der Waals surface area contributed by atoms with Crippen LogP contribution < -0.4 is 0 Å². The molecule has 2 aliphatic heterocycles. The molecule has 2 aliphatic rings. The van der Waals surface area contributed by atoms with Gasteiger partial charge in [-0.15, -0.1) is 0 Å². The van der Waals surface area contributed by atoms with Gasteiger partial charge in [0.05, 0.1) is 5.69 Å². The van der Waals surface area contributed by atoms with E-state index in [0.717, 1.165) is 50.8 Å². The predicted molar refractivity (Wildman–Crippen MR) is 96.5 cm³/mol. The zero-order chi connectivity index (χ0) is 17.4. The van der Waals surface area contributed by atoms with Gasteiger partial charge in [-0.3, -0.25) is 9.58 Å². The van der Waals surface area contributed by atoms with Crippen LogP contribution in [0, 0.1) is 19.8 Å². The Balaban J connectivity index is 1.35. The van der Waals surface area contributed by atoms with E-state index < -0.39 is 0 Å². The van der Waals surface area contributed by atoms with Crippen LogP contribution in [0.2, 0.25) is 0 Å². The van der Waals surface area contributed by atoms with E-state index in [-0.39, 0.29) is 0 Å². The lowest BCUT2D eigenvalue weighted by Crippen LogP contribution is -2.48. The van der Waals surface area contributed by atoms with E-state index in [1.54, 1.807) is 0 Å². The van der Waals surface area contributed by atoms with Crippen LogP contribution in [-0.4, -0.2) is 50.5 Å². The third-order valence-corrected chi connectivity index (χ3v) is 5.66. The van der Waals surface area contributed by atoms with Crippen molar-refractivity contribution in [2.24, 2.45) is 13.0 Å². The number of rotatable bonds is 5. The predicted octanol–water partition coefficient (Wildman–Crippen LogP) is 2.26. The molecular formula is C19H29N5O. The largest absolute Gasteiger partial charge is 0.381 e. The van der Waals surface area contributed by atoms with Crippen LogP contribution >= 0.6 is 0 Å². The first kappa shape index (κ1) is 16.8. The Hall–Kier alpha value is -1.66. The second-order valence-corrected chi connectivity index (χ2v) is 7.73. The average Bonchev–Trinajstić information content (AvgIpc) is 3.08. The lowest BCUT2D eigenvalue weighted by molar-refractivity contribution is 0.0726. The Kier molecular flexibility index (Phi) is 4.65. The van der Waals surface area contributed by atoms with E-state index >= 15 is 0 Å². The van der Waals surface area contributed by atoms with Crippen LogP contribution in [0.3, 0.4) is 0 Å². The minimum Gasteiger partial charge on any atom is -0.381 e. The number of hydrogen-bond donors (Lipinski definition) is 0. The minimum atomic E-state index is 0.566. The van der Waals surface area contributed by atoms with Crippen LogP contribution in [-0.2, 0) is 24.9 Å². The van der Waals surface area contributed by atoms with E-state index in [0.29, 0.717) is 5.92 Å². The van der Waals surface area contributed by atoms with Crippen molar-refractivity contribution in [3.63, 3.8) is 0 Å². The number of likely N-dealkylation sites (tertiary alicyclic amines) is 1. The smallest absolute Gasteiger partial charge is 0.112 e. The van der Waals surface area contributed by atoms with Gasteiger partial charge in [-0.25, -0.2) is 4.98 Å². The van der Waals surface area contributed by atoms with Crippen molar-refractivity contribution < 1.29 is 4.74 Å². The van der Waals surface area contributed by atoms with Gasteiger partial charge in [-0.05, 0) is 26.7 Å². The third-order valence-electron chi connectivity index (χ3n) is 5.66. The first-order chi connectivity index (χ1) is 12.1. The summed E-state index contributed by atoms with van der Waals surface area (Å²) in [5.41, 5.74) is 3.80. The number of nitrogens with zero attached hydrogens (tertiary/aromatic N) is 5. The van der Waals surface area contributed by atoms with Crippen LogP contribution in [0.4, 0.5) is 0 Å². The fourth-order valence-corrected chi connectivity index (χ4v) is 4.22. The Bertz CT molecular complexity index is 722. The van der Waals surface area contributed by atoms with Crippen molar-refractivity contribution in [2.45, 2.75) is 45.7 Å². The van der Waals surface area contributed by atoms with E-state index in [2.05, 4.69) is 34.6 Å². The molecule has 0 atom stereocenters. The maximum absolute atomic E-state index is 5.51. The summed E-state index contributed by atoms with van der Waals surface area (Å²) in [6.45, 7) is 10.5. The minimum absolute atomic E-state index is 0.566. The number of imidazole rings is 1. The lowest BCUT2D eigenvalue weighted by atomic mass is 9.97.